The van der Waals surface area contributed by atoms with Gasteiger partial charge in [-0.3, -0.25) is 4.57 Å². The van der Waals surface area contributed by atoms with Gasteiger partial charge in [0.2, 0.25) is 0 Å². The highest BCUT2D eigenvalue weighted by Gasteiger charge is 2.12. The van der Waals surface area contributed by atoms with E-state index in [2.05, 4.69) is 0 Å². The average Bonchev–Trinajstić information content (AvgIpc) is 2.21. The van der Waals surface area contributed by atoms with E-state index >= 15 is 0 Å². The molecule has 0 rings (SSSR count). The van der Waals surface area contributed by atoms with Gasteiger partial charge in [0, 0.05) is 6.54 Å². The van der Waals surface area contributed by atoms with E-state index in [4.69, 9.17) is 25.0 Å². The molecule has 7 nitrogen and oxygen atoms in total. The Kier molecular flexibility index (Phi) is 9.96. The maximum absolute atomic E-state index is 10.6. The molecule has 0 amide bonds. The summed E-state index contributed by atoms with van der Waals surface area (Å²) in [7, 11) is -1.96. The SMILES string of the molecule is CN(CCCP(=O)(O)O)CCOCCOCN. The normalized spacial score (nSPS) is 12.3. The Morgan fingerprint density at radius 2 is 1.82 bits per heavy atom. The summed E-state index contributed by atoms with van der Waals surface area (Å²) in [5, 5.41) is 0. The quantitative estimate of drug-likeness (QED) is 0.262. The first-order valence-corrected chi connectivity index (χ1v) is 7.34. The summed E-state index contributed by atoms with van der Waals surface area (Å²) in [6.07, 6.45) is 0.416. The summed E-state index contributed by atoms with van der Waals surface area (Å²) < 4.78 is 20.8. The standard InChI is InChI=1S/C9H23N2O5P/c1-11(3-2-8-17(12,13)14)4-5-15-6-7-16-9-10/h2-10H2,1H3,(H2,12,13,14). The van der Waals surface area contributed by atoms with Crippen molar-refractivity contribution in [3.63, 3.8) is 0 Å². The highest BCUT2D eigenvalue weighted by molar-refractivity contribution is 7.51. The van der Waals surface area contributed by atoms with Crippen LogP contribution in [-0.4, -0.2) is 67.5 Å². The van der Waals surface area contributed by atoms with Crippen LogP contribution >= 0.6 is 7.60 Å². The van der Waals surface area contributed by atoms with Crippen LogP contribution in [0, 0.1) is 0 Å². The minimum absolute atomic E-state index is 0.0669. The van der Waals surface area contributed by atoms with Crippen LogP contribution in [0.1, 0.15) is 6.42 Å². The zero-order valence-electron chi connectivity index (χ0n) is 10.2. The predicted molar refractivity (Wildman–Crippen MR) is 64.9 cm³/mol. The van der Waals surface area contributed by atoms with E-state index < -0.39 is 7.60 Å². The van der Waals surface area contributed by atoms with E-state index in [-0.39, 0.29) is 12.9 Å². The molecule has 0 heterocycles. The van der Waals surface area contributed by atoms with Crippen molar-refractivity contribution in [3.8, 4) is 0 Å². The van der Waals surface area contributed by atoms with Gasteiger partial charge in [0.15, 0.2) is 0 Å². The van der Waals surface area contributed by atoms with Crippen molar-refractivity contribution in [3.05, 3.63) is 0 Å². The van der Waals surface area contributed by atoms with E-state index in [1.165, 1.54) is 0 Å². The molecule has 0 radical (unpaired) electrons. The third kappa shape index (κ3) is 13.9. The summed E-state index contributed by atoms with van der Waals surface area (Å²) in [5.74, 6) is 0. The largest absolute Gasteiger partial charge is 0.378 e. The predicted octanol–water partition coefficient (Wildman–Crippen LogP) is -0.565. The molecule has 4 N–H and O–H groups in total. The van der Waals surface area contributed by atoms with Gasteiger partial charge in [0.1, 0.15) is 0 Å². The van der Waals surface area contributed by atoms with Crippen LogP contribution in [0.2, 0.25) is 0 Å². The Balaban J connectivity index is 3.29. The van der Waals surface area contributed by atoms with Crippen molar-refractivity contribution in [2.75, 3.05) is 52.9 Å². The Morgan fingerprint density at radius 1 is 1.18 bits per heavy atom. The maximum atomic E-state index is 10.6. The topological polar surface area (TPSA) is 105 Å². The second-order valence-electron chi connectivity index (χ2n) is 3.73. The smallest absolute Gasteiger partial charge is 0.325 e. The van der Waals surface area contributed by atoms with Gasteiger partial charge in [-0.2, -0.15) is 0 Å². The van der Waals surface area contributed by atoms with Gasteiger partial charge in [-0.05, 0) is 20.0 Å². The van der Waals surface area contributed by atoms with Crippen LogP contribution in [-0.2, 0) is 14.0 Å². The molecule has 0 aromatic heterocycles. The Labute approximate surface area is 102 Å². The van der Waals surface area contributed by atoms with Crippen molar-refractivity contribution in [2.45, 2.75) is 6.42 Å². The van der Waals surface area contributed by atoms with Crippen molar-refractivity contribution in [1.82, 2.24) is 4.90 Å². The summed E-state index contributed by atoms with van der Waals surface area (Å²) in [4.78, 5) is 19.3. The molecule has 104 valence electrons. The summed E-state index contributed by atoms with van der Waals surface area (Å²) in [5.41, 5.74) is 5.13. The maximum Gasteiger partial charge on any atom is 0.325 e. The minimum Gasteiger partial charge on any atom is -0.378 e. The number of hydrogen-bond donors (Lipinski definition) is 3. The molecule has 0 saturated heterocycles. The Hall–Kier alpha value is -0.0100. The second-order valence-corrected chi connectivity index (χ2v) is 5.51. The van der Waals surface area contributed by atoms with Gasteiger partial charge in [-0.25, -0.2) is 0 Å². The lowest BCUT2D eigenvalue weighted by molar-refractivity contribution is 0.0431. The Bertz CT molecular complexity index is 223. The average molecular weight is 270 g/mol. The first-order valence-electron chi connectivity index (χ1n) is 5.54. The molecular weight excluding hydrogens is 247 g/mol. The Morgan fingerprint density at radius 3 is 2.41 bits per heavy atom. The van der Waals surface area contributed by atoms with Crippen molar-refractivity contribution < 1.29 is 23.8 Å². The van der Waals surface area contributed by atoms with Gasteiger partial charge in [0.25, 0.3) is 0 Å². The molecule has 0 aromatic rings. The number of nitrogens with zero attached hydrogens (tertiary/aromatic N) is 1. The molecular formula is C9H23N2O5P. The van der Waals surface area contributed by atoms with E-state index in [1.54, 1.807) is 0 Å². The fourth-order valence-electron chi connectivity index (χ4n) is 1.18. The van der Waals surface area contributed by atoms with Gasteiger partial charge in [0.05, 0.1) is 32.7 Å². The first-order chi connectivity index (χ1) is 7.95. The van der Waals surface area contributed by atoms with E-state index in [1.807, 2.05) is 11.9 Å². The van der Waals surface area contributed by atoms with Crippen LogP contribution in [0.4, 0.5) is 0 Å². The summed E-state index contributed by atoms with van der Waals surface area (Å²) in [6.45, 7) is 3.13. The van der Waals surface area contributed by atoms with E-state index in [9.17, 15) is 4.57 Å². The van der Waals surface area contributed by atoms with Crippen LogP contribution in [0.5, 0.6) is 0 Å². The van der Waals surface area contributed by atoms with Crippen molar-refractivity contribution >= 4 is 7.60 Å². The van der Waals surface area contributed by atoms with E-state index in [0.29, 0.717) is 32.8 Å². The molecule has 0 atom stereocenters. The third-order valence-corrected chi connectivity index (χ3v) is 3.00. The van der Waals surface area contributed by atoms with Crippen LogP contribution < -0.4 is 5.73 Å². The lowest BCUT2D eigenvalue weighted by Gasteiger charge is -2.16. The molecule has 0 aliphatic heterocycles. The van der Waals surface area contributed by atoms with E-state index in [0.717, 1.165) is 6.54 Å². The molecule has 0 aliphatic rings. The van der Waals surface area contributed by atoms with Gasteiger partial charge < -0.3 is 29.9 Å². The molecule has 0 saturated carbocycles. The van der Waals surface area contributed by atoms with Gasteiger partial charge in [-0.1, -0.05) is 0 Å². The minimum atomic E-state index is -3.85. The lowest BCUT2D eigenvalue weighted by atomic mass is 10.4. The van der Waals surface area contributed by atoms with Gasteiger partial charge in [-0.15, -0.1) is 0 Å². The molecule has 0 aromatic carbocycles. The fourth-order valence-corrected chi connectivity index (χ4v) is 1.74. The second kappa shape index (κ2) is 9.96. The fraction of sp³-hybridized carbons (Fsp3) is 1.00. The summed E-state index contributed by atoms with van der Waals surface area (Å²) >= 11 is 0. The first kappa shape index (κ1) is 17.0. The molecule has 0 spiro atoms. The number of rotatable bonds is 11. The molecule has 8 heteroatoms. The lowest BCUT2D eigenvalue weighted by Crippen LogP contribution is -2.25. The number of nitrogens with two attached hydrogens (primary N) is 1. The summed E-state index contributed by atoms with van der Waals surface area (Å²) in [6, 6.07) is 0. The van der Waals surface area contributed by atoms with Crippen LogP contribution in [0.15, 0.2) is 0 Å². The molecule has 0 fully saturated rings. The van der Waals surface area contributed by atoms with Gasteiger partial charge >= 0.3 is 7.60 Å². The van der Waals surface area contributed by atoms with Crippen LogP contribution in [0.25, 0.3) is 0 Å². The highest BCUT2D eigenvalue weighted by atomic mass is 31.2. The molecule has 0 bridgehead atoms. The third-order valence-electron chi connectivity index (χ3n) is 2.10. The number of likely N-dealkylation sites (N-methyl/N-ethyl adjacent to an activating group) is 1. The number of hydrogen-bond acceptors (Lipinski definition) is 5. The highest BCUT2D eigenvalue weighted by Crippen LogP contribution is 2.34. The zero-order chi connectivity index (χ0) is 13.1. The van der Waals surface area contributed by atoms with Crippen molar-refractivity contribution in [1.29, 1.82) is 0 Å². The zero-order valence-corrected chi connectivity index (χ0v) is 11.1. The molecule has 0 unspecified atom stereocenters. The molecule has 0 aliphatic carbocycles. The van der Waals surface area contributed by atoms with Crippen molar-refractivity contribution in [2.24, 2.45) is 5.73 Å². The molecule has 17 heavy (non-hydrogen) atoms. The van der Waals surface area contributed by atoms with Crippen LogP contribution in [0.3, 0.4) is 0 Å². The monoisotopic (exact) mass is 270 g/mol. The number of ether oxygens (including phenoxy) is 2.